The SMILES string of the molecule is CC(C)C(=O)Nc1nnc(S(=O)(=O)NCc2ccc(N3CCN(C)CC3)cc2)s1. The van der Waals surface area contributed by atoms with Crippen LogP contribution >= 0.6 is 11.3 Å². The molecule has 9 nitrogen and oxygen atoms in total. The van der Waals surface area contributed by atoms with Crippen LogP contribution in [0.25, 0.3) is 0 Å². The zero-order chi connectivity index (χ0) is 21.0. The van der Waals surface area contributed by atoms with Gasteiger partial charge in [0.1, 0.15) is 0 Å². The molecule has 1 aliphatic heterocycles. The molecule has 2 aromatic rings. The predicted octanol–water partition coefficient (Wildman–Crippen LogP) is 1.36. The number of hydrogen-bond acceptors (Lipinski definition) is 8. The van der Waals surface area contributed by atoms with Crippen LogP contribution in [0.5, 0.6) is 0 Å². The lowest BCUT2D eigenvalue weighted by Crippen LogP contribution is -2.44. The molecule has 2 N–H and O–H groups in total. The summed E-state index contributed by atoms with van der Waals surface area (Å²) in [5, 5.41) is 10.1. The largest absolute Gasteiger partial charge is 0.369 e. The molecule has 1 fully saturated rings. The number of nitrogens with one attached hydrogen (secondary N) is 2. The third-order valence-corrected chi connectivity index (χ3v) is 7.27. The van der Waals surface area contributed by atoms with Crippen LogP contribution in [0.3, 0.4) is 0 Å². The molecule has 1 aromatic heterocycles. The summed E-state index contributed by atoms with van der Waals surface area (Å²) < 4.78 is 27.3. The van der Waals surface area contributed by atoms with Gasteiger partial charge in [0.25, 0.3) is 10.0 Å². The maximum atomic E-state index is 12.5. The van der Waals surface area contributed by atoms with Gasteiger partial charge in [-0.15, -0.1) is 10.2 Å². The molecular formula is C18H26N6O3S2. The molecule has 0 unspecified atom stereocenters. The van der Waals surface area contributed by atoms with Crippen molar-refractivity contribution in [2.45, 2.75) is 24.7 Å². The second-order valence-electron chi connectivity index (χ2n) is 7.30. The Labute approximate surface area is 175 Å². The van der Waals surface area contributed by atoms with Crippen LogP contribution in [0.2, 0.25) is 0 Å². The summed E-state index contributed by atoms with van der Waals surface area (Å²) in [5.74, 6) is -0.468. The van der Waals surface area contributed by atoms with Gasteiger partial charge in [-0.25, -0.2) is 13.1 Å². The van der Waals surface area contributed by atoms with E-state index in [-0.39, 0.29) is 27.8 Å². The molecule has 0 saturated carbocycles. The minimum Gasteiger partial charge on any atom is -0.369 e. The Morgan fingerprint density at radius 2 is 1.79 bits per heavy atom. The number of benzene rings is 1. The van der Waals surface area contributed by atoms with E-state index in [9.17, 15) is 13.2 Å². The number of sulfonamides is 1. The second kappa shape index (κ2) is 9.16. The van der Waals surface area contributed by atoms with Crippen molar-refractivity contribution in [3.8, 4) is 0 Å². The molecule has 0 spiro atoms. The lowest BCUT2D eigenvalue weighted by atomic mass is 10.2. The third kappa shape index (κ3) is 5.72. The van der Waals surface area contributed by atoms with Crippen molar-refractivity contribution in [3.05, 3.63) is 29.8 Å². The van der Waals surface area contributed by atoms with Crippen molar-refractivity contribution in [2.75, 3.05) is 43.4 Å². The molecule has 29 heavy (non-hydrogen) atoms. The monoisotopic (exact) mass is 438 g/mol. The van der Waals surface area contributed by atoms with Gasteiger partial charge in [-0.05, 0) is 24.7 Å². The average molecular weight is 439 g/mol. The number of aromatic nitrogens is 2. The molecule has 3 rings (SSSR count). The Bertz CT molecular complexity index is 935. The van der Waals surface area contributed by atoms with Crippen molar-refractivity contribution in [1.29, 1.82) is 0 Å². The summed E-state index contributed by atoms with van der Waals surface area (Å²) in [6.45, 7) is 7.66. The third-order valence-electron chi connectivity index (χ3n) is 4.66. The van der Waals surface area contributed by atoms with Gasteiger partial charge in [0.05, 0.1) is 0 Å². The number of carbonyl (C=O) groups excluding carboxylic acids is 1. The van der Waals surface area contributed by atoms with Crippen LogP contribution in [0.1, 0.15) is 19.4 Å². The topological polar surface area (TPSA) is 108 Å². The maximum Gasteiger partial charge on any atom is 0.270 e. The zero-order valence-corrected chi connectivity index (χ0v) is 18.4. The maximum absolute atomic E-state index is 12.5. The minimum absolute atomic E-state index is 0.151. The van der Waals surface area contributed by atoms with Gasteiger partial charge < -0.3 is 15.1 Å². The normalized spacial score (nSPS) is 15.7. The molecule has 11 heteroatoms. The number of carbonyl (C=O) groups is 1. The number of likely N-dealkylation sites (N-methyl/N-ethyl adjacent to an activating group) is 1. The number of nitrogens with zero attached hydrogens (tertiary/aromatic N) is 4. The van der Waals surface area contributed by atoms with E-state index in [1.165, 1.54) is 0 Å². The minimum atomic E-state index is -3.80. The summed E-state index contributed by atoms with van der Waals surface area (Å²) in [6, 6.07) is 7.87. The first-order valence-corrected chi connectivity index (χ1v) is 11.7. The van der Waals surface area contributed by atoms with E-state index in [0.717, 1.165) is 48.8 Å². The first kappa shape index (κ1) is 21.6. The first-order chi connectivity index (χ1) is 13.7. The van der Waals surface area contributed by atoms with Gasteiger partial charge >= 0.3 is 0 Å². The summed E-state index contributed by atoms with van der Waals surface area (Å²) in [6.07, 6.45) is 0. The summed E-state index contributed by atoms with van der Waals surface area (Å²) in [7, 11) is -1.69. The van der Waals surface area contributed by atoms with Gasteiger partial charge in [-0.1, -0.05) is 37.3 Å². The van der Waals surface area contributed by atoms with E-state index in [1.54, 1.807) is 13.8 Å². The van der Waals surface area contributed by atoms with E-state index in [0.29, 0.717) is 0 Å². The van der Waals surface area contributed by atoms with Gasteiger partial charge in [0.15, 0.2) is 0 Å². The predicted molar refractivity (Wildman–Crippen MR) is 114 cm³/mol. The van der Waals surface area contributed by atoms with Crippen molar-refractivity contribution >= 4 is 38.1 Å². The summed E-state index contributed by atoms with van der Waals surface area (Å²) >= 11 is 0.827. The molecular weight excluding hydrogens is 412 g/mol. The van der Waals surface area contributed by atoms with Gasteiger partial charge in [-0.2, -0.15) is 0 Å². The highest BCUT2D eigenvalue weighted by molar-refractivity contribution is 7.91. The van der Waals surface area contributed by atoms with E-state index < -0.39 is 10.0 Å². The number of rotatable bonds is 7. The van der Waals surface area contributed by atoms with Gasteiger partial charge in [0.2, 0.25) is 15.4 Å². The molecule has 2 heterocycles. The van der Waals surface area contributed by atoms with Gasteiger partial charge in [-0.3, -0.25) is 4.79 Å². The smallest absolute Gasteiger partial charge is 0.270 e. The molecule has 0 radical (unpaired) electrons. The highest BCUT2D eigenvalue weighted by Gasteiger charge is 2.21. The summed E-state index contributed by atoms with van der Waals surface area (Å²) in [5.41, 5.74) is 1.99. The molecule has 0 bridgehead atoms. The van der Waals surface area contributed by atoms with E-state index in [1.807, 2.05) is 24.3 Å². The Hall–Kier alpha value is -2.08. The Morgan fingerprint density at radius 3 is 2.41 bits per heavy atom. The highest BCUT2D eigenvalue weighted by atomic mass is 32.2. The van der Waals surface area contributed by atoms with Crippen LogP contribution in [0.4, 0.5) is 10.8 Å². The lowest BCUT2D eigenvalue weighted by molar-refractivity contribution is -0.118. The fourth-order valence-corrected chi connectivity index (χ4v) is 4.71. The van der Waals surface area contributed by atoms with Crippen molar-refractivity contribution in [3.63, 3.8) is 0 Å². The van der Waals surface area contributed by atoms with Gasteiger partial charge in [0, 0.05) is 44.3 Å². The average Bonchev–Trinajstić information content (AvgIpc) is 3.17. The Balaban J connectivity index is 1.57. The molecule has 1 aliphatic rings. The molecule has 0 aliphatic carbocycles. The van der Waals surface area contributed by atoms with Crippen molar-refractivity contribution in [2.24, 2.45) is 5.92 Å². The molecule has 1 aromatic carbocycles. The lowest BCUT2D eigenvalue weighted by Gasteiger charge is -2.34. The van der Waals surface area contributed by atoms with E-state index in [2.05, 4.69) is 37.1 Å². The van der Waals surface area contributed by atoms with E-state index in [4.69, 9.17) is 0 Å². The van der Waals surface area contributed by atoms with Crippen LogP contribution in [0, 0.1) is 5.92 Å². The number of amides is 1. The zero-order valence-electron chi connectivity index (χ0n) is 16.8. The number of piperazine rings is 1. The fourth-order valence-electron chi connectivity index (χ4n) is 2.75. The quantitative estimate of drug-likeness (QED) is 0.629. The Kier molecular flexibility index (Phi) is 6.83. The first-order valence-electron chi connectivity index (χ1n) is 9.41. The molecule has 0 atom stereocenters. The van der Waals surface area contributed by atoms with Crippen LogP contribution in [0.15, 0.2) is 28.6 Å². The van der Waals surface area contributed by atoms with E-state index >= 15 is 0 Å². The second-order valence-corrected chi connectivity index (χ2v) is 10.2. The van der Waals surface area contributed by atoms with Crippen LogP contribution < -0.4 is 14.9 Å². The molecule has 1 saturated heterocycles. The van der Waals surface area contributed by atoms with Crippen LogP contribution in [-0.2, 0) is 21.4 Å². The van der Waals surface area contributed by atoms with Crippen molar-refractivity contribution in [1.82, 2.24) is 19.8 Å². The fraction of sp³-hybridized carbons (Fsp3) is 0.500. The Morgan fingerprint density at radius 1 is 1.14 bits per heavy atom. The summed E-state index contributed by atoms with van der Waals surface area (Å²) in [4.78, 5) is 16.3. The molecule has 1 amide bonds. The van der Waals surface area contributed by atoms with Crippen LogP contribution in [-0.4, -0.2) is 62.6 Å². The number of hydrogen-bond donors (Lipinski definition) is 2. The highest BCUT2D eigenvalue weighted by Crippen LogP contribution is 2.21. The standard InChI is InChI=1S/C18H26N6O3S2/c1-13(2)16(25)20-17-21-22-18(28-17)29(26,27)19-12-14-4-6-15(7-5-14)24-10-8-23(3)9-11-24/h4-7,13,19H,8-12H2,1-3H3,(H,20,21,25). The van der Waals surface area contributed by atoms with Crippen molar-refractivity contribution < 1.29 is 13.2 Å². The number of anilines is 2. The molecule has 158 valence electrons.